The van der Waals surface area contributed by atoms with Crippen molar-refractivity contribution < 1.29 is 14.7 Å². The van der Waals surface area contributed by atoms with Gasteiger partial charge in [-0.1, -0.05) is 6.07 Å². The molecule has 2 N–H and O–H groups in total. The maximum atomic E-state index is 12.6. The largest absolute Gasteiger partial charge is 0.508 e. The lowest BCUT2D eigenvalue weighted by Gasteiger charge is -2.32. The van der Waals surface area contributed by atoms with Crippen molar-refractivity contribution in [2.45, 2.75) is 18.9 Å². The highest BCUT2D eigenvalue weighted by Crippen LogP contribution is 2.18. The number of phenols is 1. The van der Waals surface area contributed by atoms with E-state index < -0.39 is 0 Å². The number of nitrogens with zero attached hydrogens (tertiary/aromatic N) is 2. The van der Waals surface area contributed by atoms with Crippen LogP contribution in [0.15, 0.2) is 73.1 Å². The average molecular weight is 389 g/mol. The van der Waals surface area contributed by atoms with Crippen LogP contribution in [0.25, 0.3) is 5.69 Å². The Morgan fingerprint density at radius 2 is 1.59 bits per heavy atom. The van der Waals surface area contributed by atoms with Crippen molar-refractivity contribution in [1.29, 1.82) is 0 Å². The van der Waals surface area contributed by atoms with Gasteiger partial charge in [0, 0.05) is 48.3 Å². The van der Waals surface area contributed by atoms with Crippen LogP contribution in [0.5, 0.6) is 5.75 Å². The summed E-state index contributed by atoms with van der Waals surface area (Å²) in [6, 6.07) is 17.8. The quantitative estimate of drug-likeness (QED) is 0.720. The number of aromatic hydroxyl groups is 1. The molecule has 0 unspecified atom stereocenters. The number of carbonyl (C=O) groups excluding carboxylic acids is 2. The number of hydrogen-bond acceptors (Lipinski definition) is 3. The van der Waals surface area contributed by atoms with Gasteiger partial charge in [0.05, 0.1) is 0 Å². The van der Waals surface area contributed by atoms with E-state index in [1.54, 1.807) is 23.1 Å². The van der Waals surface area contributed by atoms with Gasteiger partial charge >= 0.3 is 0 Å². The summed E-state index contributed by atoms with van der Waals surface area (Å²) in [6.07, 6.45) is 5.33. The summed E-state index contributed by atoms with van der Waals surface area (Å²) < 4.78 is 1.99. The van der Waals surface area contributed by atoms with Crippen LogP contribution >= 0.6 is 0 Å². The highest BCUT2D eigenvalue weighted by molar-refractivity contribution is 5.95. The Morgan fingerprint density at radius 1 is 0.897 bits per heavy atom. The predicted molar refractivity (Wildman–Crippen MR) is 110 cm³/mol. The maximum Gasteiger partial charge on any atom is 0.253 e. The summed E-state index contributed by atoms with van der Waals surface area (Å²) in [4.78, 5) is 26.9. The number of nitrogens with one attached hydrogen (secondary N) is 1. The van der Waals surface area contributed by atoms with Crippen LogP contribution in [0.2, 0.25) is 0 Å². The zero-order chi connectivity index (χ0) is 20.2. The Morgan fingerprint density at radius 3 is 2.24 bits per heavy atom. The smallest absolute Gasteiger partial charge is 0.253 e. The van der Waals surface area contributed by atoms with Gasteiger partial charge in [-0.3, -0.25) is 9.59 Å². The van der Waals surface area contributed by atoms with E-state index in [0.29, 0.717) is 37.1 Å². The molecule has 2 heterocycles. The van der Waals surface area contributed by atoms with Crippen molar-refractivity contribution in [2.24, 2.45) is 0 Å². The van der Waals surface area contributed by atoms with E-state index in [0.717, 1.165) is 5.69 Å². The van der Waals surface area contributed by atoms with Crippen molar-refractivity contribution in [1.82, 2.24) is 14.8 Å². The van der Waals surface area contributed by atoms with Gasteiger partial charge in [0.1, 0.15) is 5.75 Å². The number of hydrogen-bond donors (Lipinski definition) is 2. The number of rotatable bonds is 4. The number of aromatic nitrogens is 1. The summed E-state index contributed by atoms with van der Waals surface area (Å²) in [7, 11) is 0. The number of phenolic OH excluding ortho intramolecular Hbond substituents is 1. The molecule has 2 amide bonds. The lowest BCUT2D eigenvalue weighted by atomic mass is 10.0. The summed E-state index contributed by atoms with van der Waals surface area (Å²) in [6.45, 7) is 1.15. The Kier molecular flexibility index (Phi) is 5.33. The van der Waals surface area contributed by atoms with Crippen LogP contribution in [0.1, 0.15) is 33.6 Å². The van der Waals surface area contributed by atoms with Crippen molar-refractivity contribution in [3.63, 3.8) is 0 Å². The van der Waals surface area contributed by atoms with E-state index in [1.807, 2.05) is 53.4 Å². The Bertz CT molecular complexity index is 988. The van der Waals surface area contributed by atoms with E-state index >= 15 is 0 Å². The van der Waals surface area contributed by atoms with E-state index in [1.165, 1.54) is 6.07 Å². The molecule has 1 aliphatic heterocycles. The SMILES string of the molecule is O=C(NC1CCN(C(=O)c2cccc(O)c2)CC1)c1ccc(-n2cccc2)cc1. The fraction of sp³-hybridized carbons (Fsp3) is 0.217. The molecule has 0 saturated carbocycles. The normalized spacial score (nSPS) is 14.6. The van der Waals surface area contributed by atoms with Crippen LogP contribution in [0.3, 0.4) is 0 Å². The minimum Gasteiger partial charge on any atom is -0.508 e. The lowest BCUT2D eigenvalue weighted by Crippen LogP contribution is -2.46. The first kappa shape index (κ1) is 18.8. The van der Waals surface area contributed by atoms with Crippen LogP contribution in [-0.2, 0) is 0 Å². The molecule has 0 bridgehead atoms. The van der Waals surface area contributed by atoms with E-state index in [2.05, 4.69) is 5.32 Å². The van der Waals surface area contributed by atoms with Crippen LogP contribution in [0, 0.1) is 0 Å². The molecule has 29 heavy (non-hydrogen) atoms. The molecule has 148 valence electrons. The Balaban J connectivity index is 1.31. The fourth-order valence-corrected chi connectivity index (χ4v) is 3.61. The second-order valence-electron chi connectivity index (χ2n) is 7.23. The first-order chi connectivity index (χ1) is 14.1. The van der Waals surface area contributed by atoms with Gasteiger partial charge < -0.3 is 19.9 Å². The number of benzene rings is 2. The zero-order valence-corrected chi connectivity index (χ0v) is 16.0. The van der Waals surface area contributed by atoms with Gasteiger partial charge in [-0.2, -0.15) is 0 Å². The topological polar surface area (TPSA) is 74.6 Å². The van der Waals surface area contributed by atoms with E-state index in [9.17, 15) is 14.7 Å². The monoisotopic (exact) mass is 389 g/mol. The van der Waals surface area contributed by atoms with E-state index in [4.69, 9.17) is 0 Å². The number of amides is 2. The molecule has 1 saturated heterocycles. The van der Waals surface area contributed by atoms with Crippen LogP contribution in [0.4, 0.5) is 0 Å². The van der Waals surface area contributed by atoms with Gasteiger partial charge in [-0.15, -0.1) is 0 Å². The second kappa shape index (κ2) is 8.22. The van der Waals surface area contributed by atoms with Crippen LogP contribution in [-0.4, -0.2) is 45.5 Å². The Hall–Kier alpha value is -3.54. The third-order valence-corrected chi connectivity index (χ3v) is 5.24. The number of likely N-dealkylation sites (tertiary alicyclic amines) is 1. The number of carbonyl (C=O) groups is 2. The highest BCUT2D eigenvalue weighted by Gasteiger charge is 2.25. The molecular weight excluding hydrogens is 366 g/mol. The number of piperidine rings is 1. The van der Waals surface area contributed by atoms with Gasteiger partial charge in [-0.25, -0.2) is 0 Å². The molecule has 6 heteroatoms. The van der Waals surface area contributed by atoms with Crippen molar-refractivity contribution in [3.05, 3.63) is 84.2 Å². The molecule has 0 atom stereocenters. The van der Waals surface area contributed by atoms with Gasteiger partial charge in [0.15, 0.2) is 0 Å². The summed E-state index contributed by atoms with van der Waals surface area (Å²) in [5.41, 5.74) is 2.11. The lowest BCUT2D eigenvalue weighted by molar-refractivity contribution is 0.0697. The molecule has 1 aliphatic rings. The average Bonchev–Trinajstić information content (AvgIpc) is 3.29. The predicted octanol–water partition coefficient (Wildman–Crippen LogP) is 3.22. The van der Waals surface area contributed by atoms with Gasteiger partial charge in [-0.05, 0) is 67.4 Å². The summed E-state index contributed by atoms with van der Waals surface area (Å²) >= 11 is 0. The van der Waals surface area contributed by atoms with Crippen molar-refractivity contribution in [2.75, 3.05) is 13.1 Å². The zero-order valence-electron chi connectivity index (χ0n) is 16.0. The highest BCUT2D eigenvalue weighted by atomic mass is 16.3. The first-order valence-electron chi connectivity index (χ1n) is 9.73. The molecule has 1 aromatic heterocycles. The molecule has 1 fully saturated rings. The molecule has 4 rings (SSSR count). The van der Waals surface area contributed by atoms with Gasteiger partial charge in [0.25, 0.3) is 11.8 Å². The molecule has 3 aromatic rings. The molecule has 0 aliphatic carbocycles. The first-order valence-corrected chi connectivity index (χ1v) is 9.73. The third kappa shape index (κ3) is 4.32. The van der Waals surface area contributed by atoms with Crippen LogP contribution < -0.4 is 5.32 Å². The van der Waals surface area contributed by atoms with Crippen molar-refractivity contribution >= 4 is 11.8 Å². The molecule has 0 spiro atoms. The van der Waals surface area contributed by atoms with E-state index in [-0.39, 0.29) is 23.6 Å². The minimum absolute atomic E-state index is 0.0415. The third-order valence-electron chi connectivity index (χ3n) is 5.24. The maximum absolute atomic E-state index is 12.6. The fourth-order valence-electron chi connectivity index (χ4n) is 3.61. The van der Waals surface area contributed by atoms with Crippen molar-refractivity contribution in [3.8, 4) is 11.4 Å². The molecular formula is C23H23N3O3. The Labute approximate surface area is 169 Å². The minimum atomic E-state index is -0.0955. The standard InChI is InChI=1S/C23H23N3O3/c27-21-5-3-4-18(16-21)23(29)26-14-10-19(11-15-26)24-22(28)17-6-8-20(9-7-17)25-12-1-2-13-25/h1-9,12-13,16,19,27H,10-11,14-15H2,(H,24,28). The summed E-state index contributed by atoms with van der Waals surface area (Å²) in [5, 5.41) is 12.6. The second-order valence-corrected chi connectivity index (χ2v) is 7.23. The molecule has 2 aromatic carbocycles. The molecule has 0 radical (unpaired) electrons. The summed E-state index contributed by atoms with van der Waals surface area (Å²) in [5.74, 6) is -0.103. The molecule has 6 nitrogen and oxygen atoms in total. The van der Waals surface area contributed by atoms with Gasteiger partial charge in [0.2, 0.25) is 0 Å².